The highest BCUT2D eigenvalue weighted by atomic mass is 19.1. The van der Waals surface area contributed by atoms with Gasteiger partial charge in [-0.25, -0.2) is 9.82 Å². The summed E-state index contributed by atoms with van der Waals surface area (Å²) >= 11 is 0. The van der Waals surface area contributed by atoms with Gasteiger partial charge in [-0.2, -0.15) is 20.1 Å². The van der Waals surface area contributed by atoms with Gasteiger partial charge in [-0.3, -0.25) is 10.1 Å². The van der Waals surface area contributed by atoms with Crippen LogP contribution in [-0.2, 0) is 4.74 Å². The van der Waals surface area contributed by atoms with Crippen LogP contribution in [0.1, 0.15) is 5.56 Å². The zero-order chi connectivity index (χ0) is 24.2. The van der Waals surface area contributed by atoms with Crippen LogP contribution >= 0.6 is 0 Å². The summed E-state index contributed by atoms with van der Waals surface area (Å²) in [6.45, 7) is 2.23. The van der Waals surface area contributed by atoms with Gasteiger partial charge in [-0.05, 0) is 30.3 Å². The summed E-state index contributed by atoms with van der Waals surface area (Å²) in [4.78, 5) is 26.0. The minimum atomic E-state index is -0.534. The summed E-state index contributed by atoms with van der Waals surface area (Å²) in [6, 6.07) is 8.49. The van der Waals surface area contributed by atoms with Gasteiger partial charge in [0.25, 0.3) is 5.69 Å². The number of nitrogens with one attached hydrogen (secondary N) is 2. The lowest BCUT2D eigenvalue weighted by atomic mass is 10.1. The average molecular weight is 482 g/mol. The van der Waals surface area contributed by atoms with Crippen molar-refractivity contribution < 1.29 is 23.5 Å². The molecule has 3 aromatic rings. The summed E-state index contributed by atoms with van der Waals surface area (Å²) in [5.74, 6) is 1.02. The number of nitrogens with zero attached hydrogens (tertiary/aromatic N) is 6. The molecular weight excluding hydrogens is 463 g/mol. The van der Waals surface area contributed by atoms with Crippen LogP contribution in [0.25, 0.3) is 0 Å². The Morgan fingerprint density at radius 2 is 1.77 bits per heavy atom. The average Bonchev–Trinajstić information content (AvgIpc) is 3.33. The molecule has 0 bridgehead atoms. The van der Waals surface area contributed by atoms with Gasteiger partial charge in [-0.15, -0.1) is 0 Å². The Kier molecular flexibility index (Phi) is 6.17. The summed E-state index contributed by atoms with van der Waals surface area (Å²) in [5, 5.41) is 18.6. The van der Waals surface area contributed by atoms with E-state index in [9.17, 15) is 14.5 Å². The molecule has 14 heteroatoms. The molecule has 0 saturated carbocycles. The zero-order valence-corrected chi connectivity index (χ0v) is 18.2. The number of hydrazone groups is 1. The predicted molar refractivity (Wildman–Crippen MR) is 123 cm³/mol. The van der Waals surface area contributed by atoms with E-state index in [0.717, 1.165) is 0 Å². The molecule has 0 spiro atoms. The molecule has 0 radical (unpaired) electrons. The van der Waals surface area contributed by atoms with Crippen molar-refractivity contribution >= 4 is 35.4 Å². The van der Waals surface area contributed by atoms with Crippen LogP contribution in [0.15, 0.2) is 41.5 Å². The number of fused-ring (bicyclic) bond motifs is 1. The molecule has 1 fully saturated rings. The first-order chi connectivity index (χ1) is 17.0. The number of nitro benzene ring substituents is 1. The van der Waals surface area contributed by atoms with E-state index in [1.54, 1.807) is 12.1 Å². The van der Waals surface area contributed by atoms with Gasteiger partial charge in [0, 0.05) is 18.8 Å². The van der Waals surface area contributed by atoms with Crippen LogP contribution in [0, 0.1) is 15.9 Å². The number of hydrogen-bond donors (Lipinski definition) is 2. The third-order valence-corrected chi connectivity index (χ3v) is 5.10. The van der Waals surface area contributed by atoms with Gasteiger partial charge in [0.1, 0.15) is 5.82 Å². The van der Waals surface area contributed by atoms with Crippen molar-refractivity contribution in [2.45, 2.75) is 0 Å². The van der Waals surface area contributed by atoms with Crippen molar-refractivity contribution in [3.8, 4) is 11.5 Å². The van der Waals surface area contributed by atoms with E-state index in [1.807, 2.05) is 4.90 Å². The van der Waals surface area contributed by atoms with E-state index in [-0.39, 0.29) is 35.8 Å². The number of hydrogen-bond acceptors (Lipinski definition) is 12. The molecule has 1 saturated heterocycles. The van der Waals surface area contributed by atoms with Gasteiger partial charge in [0.2, 0.25) is 24.6 Å². The number of halogens is 1. The van der Waals surface area contributed by atoms with Crippen LogP contribution < -0.4 is 25.1 Å². The summed E-state index contributed by atoms with van der Waals surface area (Å²) in [5.41, 5.74) is 3.29. The van der Waals surface area contributed by atoms with Gasteiger partial charge in [0.15, 0.2) is 11.5 Å². The fourth-order valence-electron chi connectivity index (χ4n) is 3.41. The molecule has 13 nitrogen and oxygen atoms in total. The molecule has 2 aromatic carbocycles. The van der Waals surface area contributed by atoms with Crippen LogP contribution in [0.2, 0.25) is 0 Å². The van der Waals surface area contributed by atoms with E-state index in [0.29, 0.717) is 49.4 Å². The van der Waals surface area contributed by atoms with Crippen molar-refractivity contribution in [1.82, 2.24) is 15.0 Å². The zero-order valence-electron chi connectivity index (χ0n) is 18.2. The maximum Gasteiger partial charge on any atom is 0.282 e. The highest BCUT2D eigenvalue weighted by molar-refractivity contribution is 5.87. The highest BCUT2D eigenvalue weighted by Gasteiger charge is 2.22. The minimum absolute atomic E-state index is 0.00958. The smallest absolute Gasteiger partial charge is 0.282 e. The Morgan fingerprint density at radius 1 is 1.06 bits per heavy atom. The van der Waals surface area contributed by atoms with E-state index in [4.69, 9.17) is 14.2 Å². The lowest BCUT2D eigenvalue weighted by Gasteiger charge is -2.27. The van der Waals surface area contributed by atoms with Crippen LogP contribution in [0.4, 0.5) is 33.6 Å². The number of morpholine rings is 1. The number of ether oxygens (including phenoxy) is 3. The third-order valence-electron chi connectivity index (χ3n) is 5.10. The number of anilines is 4. The summed E-state index contributed by atoms with van der Waals surface area (Å²) in [6.07, 6.45) is 1.27. The molecular formula is C21H19FN8O5. The van der Waals surface area contributed by atoms with Gasteiger partial charge >= 0.3 is 0 Å². The van der Waals surface area contributed by atoms with Crippen molar-refractivity contribution in [3.05, 3.63) is 57.9 Å². The number of aromatic nitrogens is 3. The quantitative estimate of drug-likeness (QED) is 0.291. The van der Waals surface area contributed by atoms with E-state index in [2.05, 4.69) is 30.8 Å². The molecule has 180 valence electrons. The summed E-state index contributed by atoms with van der Waals surface area (Å²) in [7, 11) is 0. The van der Waals surface area contributed by atoms with E-state index < -0.39 is 4.92 Å². The molecule has 0 aliphatic carbocycles. The molecule has 0 atom stereocenters. The maximum atomic E-state index is 13.3. The molecule has 3 heterocycles. The molecule has 2 aliphatic heterocycles. The molecule has 0 unspecified atom stereocenters. The fourth-order valence-corrected chi connectivity index (χ4v) is 3.41. The van der Waals surface area contributed by atoms with Crippen molar-refractivity contribution in [3.63, 3.8) is 0 Å². The van der Waals surface area contributed by atoms with Gasteiger partial charge in [-0.1, -0.05) is 0 Å². The lowest BCUT2D eigenvalue weighted by Crippen LogP contribution is -2.37. The number of nitro groups is 1. The Labute approximate surface area is 197 Å². The van der Waals surface area contributed by atoms with Crippen molar-refractivity contribution in [2.24, 2.45) is 5.10 Å². The molecule has 35 heavy (non-hydrogen) atoms. The number of rotatable bonds is 7. The first-order valence-corrected chi connectivity index (χ1v) is 10.5. The van der Waals surface area contributed by atoms with Crippen LogP contribution in [0.5, 0.6) is 11.5 Å². The van der Waals surface area contributed by atoms with Crippen molar-refractivity contribution in [1.29, 1.82) is 0 Å². The molecule has 0 amide bonds. The maximum absolute atomic E-state index is 13.3. The van der Waals surface area contributed by atoms with Crippen LogP contribution in [-0.4, -0.2) is 59.2 Å². The van der Waals surface area contributed by atoms with Crippen molar-refractivity contribution in [2.75, 3.05) is 48.7 Å². The molecule has 5 rings (SSSR count). The van der Waals surface area contributed by atoms with E-state index >= 15 is 0 Å². The number of benzene rings is 2. The van der Waals surface area contributed by atoms with E-state index in [1.165, 1.54) is 30.5 Å². The highest BCUT2D eigenvalue weighted by Crippen LogP contribution is 2.37. The largest absolute Gasteiger partial charge is 0.454 e. The lowest BCUT2D eigenvalue weighted by molar-refractivity contribution is -0.385. The molecule has 2 aliphatic rings. The second kappa shape index (κ2) is 9.72. The Hall–Kier alpha value is -4.59. The summed E-state index contributed by atoms with van der Waals surface area (Å²) < 4.78 is 29.1. The van der Waals surface area contributed by atoms with Gasteiger partial charge in [0.05, 0.1) is 36.0 Å². The SMILES string of the molecule is O=[N+]([O-])c1cc2c(cc1/C=N\Nc1nc(Nc3ccc(F)cc3)nc(N3CCOCC3)n1)OCO2. The van der Waals surface area contributed by atoms with Gasteiger partial charge < -0.3 is 24.4 Å². The van der Waals surface area contributed by atoms with Crippen LogP contribution in [0.3, 0.4) is 0 Å². The minimum Gasteiger partial charge on any atom is -0.454 e. The topological polar surface area (TPSA) is 149 Å². The monoisotopic (exact) mass is 482 g/mol. The Balaban J connectivity index is 1.41. The predicted octanol–water partition coefficient (Wildman–Crippen LogP) is 2.67. The fraction of sp³-hybridized carbons (Fsp3) is 0.238. The Morgan fingerprint density at radius 3 is 2.51 bits per heavy atom. The normalized spacial score (nSPS) is 14.8. The Bertz CT molecular complexity index is 1270. The standard InChI is InChI=1S/C21H19FN8O5/c22-14-1-3-15(4-2-14)24-19-25-20(27-21(26-19)29-5-7-33-8-6-29)28-23-11-13-9-17-18(35-12-34-17)10-16(13)30(31)32/h1-4,9-11H,5-8,12H2,(H2,24,25,26,27,28)/b23-11-. The third kappa shape index (κ3) is 5.16. The second-order valence-electron chi connectivity index (χ2n) is 7.41. The first kappa shape index (κ1) is 22.2. The second-order valence-corrected chi connectivity index (χ2v) is 7.41. The first-order valence-electron chi connectivity index (χ1n) is 10.5. The molecule has 2 N–H and O–H groups in total. The molecule has 1 aromatic heterocycles.